The molecule has 0 aliphatic rings. The van der Waals surface area contributed by atoms with Gasteiger partial charge in [-0.05, 0) is 55.0 Å². The van der Waals surface area contributed by atoms with Crippen molar-refractivity contribution in [3.63, 3.8) is 0 Å². The van der Waals surface area contributed by atoms with Gasteiger partial charge < -0.3 is 10.1 Å². The van der Waals surface area contributed by atoms with Crippen LogP contribution in [0.25, 0.3) is 0 Å². The molecule has 1 N–H and O–H groups in total. The van der Waals surface area contributed by atoms with Crippen molar-refractivity contribution in [1.29, 1.82) is 0 Å². The van der Waals surface area contributed by atoms with Crippen LogP contribution in [0.15, 0.2) is 84.9 Å². The highest BCUT2D eigenvalue weighted by Gasteiger charge is 2.31. The second-order valence-corrected chi connectivity index (χ2v) is 8.61. The summed E-state index contributed by atoms with van der Waals surface area (Å²) in [6.45, 7) is 1.78. The predicted octanol–water partition coefficient (Wildman–Crippen LogP) is 4.66. The van der Waals surface area contributed by atoms with Crippen molar-refractivity contribution < 1.29 is 17.9 Å². The number of nitrogens with zero attached hydrogens (tertiary/aromatic N) is 1. The lowest BCUT2D eigenvalue weighted by Crippen LogP contribution is -2.46. The Balaban J connectivity index is 1.75. The molecule has 6 nitrogen and oxygen atoms in total. The normalized spacial score (nSPS) is 12.1. The third kappa shape index (κ3) is 5.39. The van der Waals surface area contributed by atoms with Gasteiger partial charge in [0, 0.05) is 5.69 Å². The Labute approximate surface area is 177 Å². The number of amides is 1. The molecule has 0 radical (unpaired) electrons. The highest BCUT2D eigenvalue weighted by Crippen LogP contribution is 2.25. The van der Waals surface area contributed by atoms with Gasteiger partial charge in [0.1, 0.15) is 17.5 Å². The van der Waals surface area contributed by atoms with E-state index in [-0.39, 0.29) is 0 Å². The number of para-hydroxylation sites is 2. The van der Waals surface area contributed by atoms with Gasteiger partial charge in [-0.1, -0.05) is 43.3 Å². The largest absolute Gasteiger partial charge is 0.457 e. The SMILES string of the molecule is CC[C@@H](C(=O)Nc1ccc(Oc2ccccc2)cc1)N(c1ccccc1)S(C)(=O)=O. The Kier molecular flexibility index (Phi) is 6.74. The van der Waals surface area contributed by atoms with Crippen LogP contribution in [0.3, 0.4) is 0 Å². The summed E-state index contributed by atoms with van der Waals surface area (Å²) in [7, 11) is -3.66. The average Bonchev–Trinajstić information content (AvgIpc) is 2.73. The van der Waals surface area contributed by atoms with E-state index in [1.807, 2.05) is 30.3 Å². The van der Waals surface area contributed by atoms with Crippen molar-refractivity contribution in [3.8, 4) is 11.5 Å². The fraction of sp³-hybridized carbons (Fsp3) is 0.174. The maximum absolute atomic E-state index is 12.9. The first-order valence-corrected chi connectivity index (χ1v) is 11.4. The van der Waals surface area contributed by atoms with Crippen LogP contribution >= 0.6 is 0 Å². The highest BCUT2D eigenvalue weighted by molar-refractivity contribution is 7.92. The van der Waals surface area contributed by atoms with Crippen LogP contribution in [0.5, 0.6) is 11.5 Å². The Bertz CT molecular complexity index is 1070. The summed E-state index contributed by atoms with van der Waals surface area (Å²) in [6, 6.07) is 24.1. The fourth-order valence-electron chi connectivity index (χ4n) is 3.09. The van der Waals surface area contributed by atoms with Gasteiger partial charge in [0.2, 0.25) is 15.9 Å². The number of rotatable bonds is 8. The Morgan fingerprint density at radius 3 is 1.97 bits per heavy atom. The van der Waals surface area contributed by atoms with Gasteiger partial charge in [-0.25, -0.2) is 8.42 Å². The molecular weight excluding hydrogens is 400 g/mol. The monoisotopic (exact) mass is 424 g/mol. The minimum absolute atomic E-state index is 0.322. The molecule has 0 bridgehead atoms. The van der Waals surface area contributed by atoms with E-state index in [4.69, 9.17) is 4.74 Å². The first-order chi connectivity index (χ1) is 14.4. The number of nitrogens with one attached hydrogen (secondary N) is 1. The van der Waals surface area contributed by atoms with Gasteiger partial charge >= 0.3 is 0 Å². The summed E-state index contributed by atoms with van der Waals surface area (Å²) >= 11 is 0. The van der Waals surface area contributed by atoms with E-state index >= 15 is 0 Å². The van der Waals surface area contributed by atoms with Crippen LogP contribution in [-0.2, 0) is 14.8 Å². The Morgan fingerprint density at radius 2 is 1.43 bits per heavy atom. The quantitative estimate of drug-likeness (QED) is 0.571. The van der Waals surface area contributed by atoms with Crippen molar-refractivity contribution in [2.24, 2.45) is 0 Å². The van der Waals surface area contributed by atoms with Crippen LogP contribution < -0.4 is 14.4 Å². The number of carbonyl (C=O) groups excluding carboxylic acids is 1. The highest BCUT2D eigenvalue weighted by atomic mass is 32.2. The van der Waals surface area contributed by atoms with Crippen LogP contribution in [0.4, 0.5) is 11.4 Å². The smallest absolute Gasteiger partial charge is 0.248 e. The topological polar surface area (TPSA) is 75.7 Å². The third-order valence-electron chi connectivity index (χ3n) is 4.44. The summed E-state index contributed by atoms with van der Waals surface area (Å²) in [5.74, 6) is 0.948. The zero-order valence-electron chi connectivity index (χ0n) is 16.9. The van der Waals surface area contributed by atoms with Crippen molar-refractivity contribution in [3.05, 3.63) is 84.9 Å². The number of ether oxygens (including phenoxy) is 1. The summed E-state index contributed by atoms with van der Waals surface area (Å²) in [5, 5.41) is 2.81. The molecule has 0 aromatic heterocycles. The van der Waals surface area contributed by atoms with E-state index in [9.17, 15) is 13.2 Å². The standard InChI is InChI=1S/C23H24N2O4S/c1-3-22(25(30(2,27)28)19-10-6-4-7-11-19)23(26)24-18-14-16-21(17-15-18)29-20-12-8-5-9-13-20/h4-17,22H,3H2,1-2H3,(H,24,26)/t22-/m0/s1. The van der Waals surface area contributed by atoms with Crippen molar-refractivity contribution in [2.45, 2.75) is 19.4 Å². The minimum atomic E-state index is -3.66. The lowest BCUT2D eigenvalue weighted by atomic mass is 10.2. The van der Waals surface area contributed by atoms with Gasteiger partial charge in [0.05, 0.1) is 11.9 Å². The summed E-state index contributed by atoms with van der Waals surface area (Å²) in [5.41, 5.74) is 1.01. The molecule has 156 valence electrons. The molecule has 0 aliphatic carbocycles. The van der Waals surface area contributed by atoms with Gasteiger partial charge in [0.15, 0.2) is 0 Å². The lowest BCUT2D eigenvalue weighted by Gasteiger charge is -2.30. The first kappa shape index (κ1) is 21.4. The van der Waals surface area contributed by atoms with Crippen LogP contribution in [0.1, 0.15) is 13.3 Å². The van der Waals surface area contributed by atoms with Gasteiger partial charge in [0.25, 0.3) is 0 Å². The number of anilines is 2. The van der Waals surface area contributed by atoms with Gasteiger partial charge in [-0.15, -0.1) is 0 Å². The molecule has 0 fully saturated rings. The summed E-state index contributed by atoms with van der Waals surface area (Å²) in [6.07, 6.45) is 1.43. The fourth-order valence-corrected chi connectivity index (χ4v) is 4.30. The molecule has 7 heteroatoms. The molecule has 0 heterocycles. The van der Waals surface area contributed by atoms with Crippen molar-refractivity contribution in [1.82, 2.24) is 0 Å². The van der Waals surface area contributed by atoms with E-state index < -0.39 is 22.0 Å². The van der Waals surface area contributed by atoms with E-state index in [2.05, 4.69) is 5.32 Å². The van der Waals surface area contributed by atoms with E-state index in [1.54, 1.807) is 61.5 Å². The molecule has 30 heavy (non-hydrogen) atoms. The first-order valence-electron chi connectivity index (χ1n) is 9.57. The second kappa shape index (κ2) is 9.45. The molecule has 3 aromatic rings. The number of hydrogen-bond acceptors (Lipinski definition) is 4. The van der Waals surface area contributed by atoms with Crippen molar-refractivity contribution >= 4 is 27.3 Å². The molecule has 3 aromatic carbocycles. The van der Waals surface area contributed by atoms with Gasteiger partial charge in [-0.3, -0.25) is 9.10 Å². The number of hydrogen-bond donors (Lipinski definition) is 1. The summed E-state index contributed by atoms with van der Waals surface area (Å²) in [4.78, 5) is 12.9. The number of carbonyl (C=O) groups is 1. The maximum Gasteiger partial charge on any atom is 0.248 e. The number of benzene rings is 3. The molecule has 3 rings (SSSR count). The zero-order chi connectivity index (χ0) is 21.6. The van der Waals surface area contributed by atoms with Crippen LogP contribution in [-0.4, -0.2) is 26.6 Å². The predicted molar refractivity (Wildman–Crippen MR) is 119 cm³/mol. The molecule has 0 saturated heterocycles. The molecule has 1 amide bonds. The Morgan fingerprint density at radius 1 is 0.900 bits per heavy atom. The minimum Gasteiger partial charge on any atom is -0.457 e. The van der Waals surface area contributed by atoms with E-state index in [1.165, 1.54) is 0 Å². The molecular formula is C23H24N2O4S. The second-order valence-electron chi connectivity index (χ2n) is 6.75. The molecule has 0 unspecified atom stereocenters. The lowest BCUT2D eigenvalue weighted by molar-refractivity contribution is -0.117. The van der Waals surface area contributed by atoms with Crippen LogP contribution in [0.2, 0.25) is 0 Å². The molecule has 0 saturated carbocycles. The molecule has 1 atom stereocenters. The molecule has 0 aliphatic heterocycles. The zero-order valence-corrected chi connectivity index (χ0v) is 17.7. The number of sulfonamides is 1. The average molecular weight is 425 g/mol. The van der Waals surface area contributed by atoms with E-state index in [0.29, 0.717) is 29.3 Å². The maximum atomic E-state index is 12.9. The molecule has 0 spiro atoms. The van der Waals surface area contributed by atoms with Crippen LogP contribution in [0, 0.1) is 0 Å². The third-order valence-corrected chi connectivity index (χ3v) is 5.62. The van der Waals surface area contributed by atoms with E-state index in [0.717, 1.165) is 10.6 Å². The van der Waals surface area contributed by atoms with Gasteiger partial charge in [-0.2, -0.15) is 0 Å². The van der Waals surface area contributed by atoms with Crippen molar-refractivity contribution in [2.75, 3.05) is 15.9 Å². The Hall–Kier alpha value is -3.32. The summed E-state index contributed by atoms with van der Waals surface area (Å²) < 4.78 is 31.8.